The number of aryl methyl sites for hydroxylation is 1. The molecule has 0 spiro atoms. The highest BCUT2D eigenvalue weighted by Crippen LogP contribution is 2.04. The van der Waals surface area contributed by atoms with Crippen molar-refractivity contribution in [2.75, 3.05) is 7.05 Å². The molecule has 0 saturated heterocycles. The van der Waals surface area contributed by atoms with E-state index in [1.54, 1.807) is 7.05 Å². The molecule has 13 heavy (non-hydrogen) atoms. The third-order valence-corrected chi connectivity index (χ3v) is 1.49. The van der Waals surface area contributed by atoms with Crippen molar-refractivity contribution >= 4 is 6.03 Å². The smallest absolute Gasteiger partial charge is 0.328 e. The third-order valence-electron chi connectivity index (χ3n) is 1.49. The van der Waals surface area contributed by atoms with Gasteiger partial charge >= 0.3 is 6.03 Å². The lowest BCUT2D eigenvalue weighted by molar-refractivity contribution is 0.237. The van der Waals surface area contributed by atoms with Crippen LogP contribution in [0.2, 0.25) is 0 Å². The molecule has 2 amide bonds. The Labute approximate surface area is 76.5 Å². The van der Waals surface area contributed by atoms with Crippen molar-refractivity contribution < 1.29 is 9.21 Å². The van der Waals surface area contributed by atoms with E-state index in [2.05, 4.69) is 16.2 Å². The Hall–Kier alpha value is -1.49. The molecule has 0 aliphatic heterocycles. The van der Waals surface area contributed by atoms with Gasteiger partial charge in [0, 0.05) is 7.05 Å². The van der Waals surface area contributed by atoms with Gasteiger partial charge in [0.15, 0.2) is 0 Å². The predicted octanol–water partition coefficient (Wildman–Crippen LogP) is 0.522. The molecule has 1 rings (SSSR count). The van der Waals surface area contributed by atoms with Crippen LogP contribution >= 0.6 is 0 Å². The lowest BCUT2D eigenvalue weighted by Gasteiger charge is -2.03. The van der Waals surface area contributed by atoms with E-state index in [9.17, 15) is 4.79 Å². The second-order valence-corrected chi connectivity index (χ2v) is 2.57. The van der Waals surface area contributed by atoms with E-state index in [-0.39, 0.29) is 6.03 Å². The molecule has 5 heteroatoms. The quantitative estimate of drug-likeness (QED) is 0.598. The molecule has 0 radical (unpaired) electrons. The van der Waals surface area contributed by atoms with Crippen molar-refractivity contribution in [3.8, 4) is 0 Å². The van der Waals surface area contributed by atoms with Crippen LogP contribution in [0.15, 0.2) is 16.5 Å². The first-order valence-corrected chi connectivity index (χ1v) is 3.98. The number of hydrazine groups is 1. The molecule has 0 fully saturated rings. The zero-order valence-electron chi connectivity index (χ0n) is 7.68. The Morgan fingerprint density at radius 3 is 2.85 bits per heavy atom. The van der Waals surface area contributed by atoms with Crippen molar-refractivity contribution in [3.63, 3.8) is 0 Å². The highest BCUT2D eigenvalue weighted by molar-refractivity contribution is 5.72. The maximum atomic E-state index is 10.7. The number of carbonyl (C=O) groups is 1. The van der Waals surface area contributed by atoms with Crippen molar-refractivity contribution in [1.82, 2.24) is 16.2 Å². The molecule has 0 unspecified atom stereocenters. The Balaban J connectivity index is 2.24. The summed E-state index contributed by atoms with van der Waals surface area (Å²) in [6.07, 6.45) is 0. The molecule has 1 aromatic rings. The van der Waals surface area contributed by atoms with Crippen LogP contribution < -0.4 is 16.2 Å². The monoisotopic (exact) mass is 183 g/mol. The SMILES string of the molecule is CNC(=O)NNCc1ccc(C)o1. The maximum absolute atomic E-state index is 10.7. The number of furan rings is 1. The van der Waals surface area contributed by atoms with Crippen LogP contribution in [0.1, 0.15) is 11.5 Å². The first-order chi connectivity index (χ1) is 6.22. The average molecular weight is 183 g/mol. The van der Waals surface area contributed by atoms with Gasteiger partial charge < -0.3 is 9.73 Å². The summed E-state index contributed by atoms with van der Waals surface area (Å²) in [5.74, 6) is 1.64. The van der Waals surface area contributed by atoms with Crippen molar-refractivity contribution in [2.45, 2.75) is 13.5 Å². The highest BCUT2D eigenvalue weighted by Gasteiger charge is 1.98. The fraction of sp³-hybridized carbons (Fsp3) is 0.375. The molecule has 0 aromatic carbocycles. The van der Waals surface area contributed by atoms with Crippen LogP contribution in [0.4, 0.5) is 4.79 Å². The fourth-order valence-corrected chi connectivity index (χ4v) is 0.854. The van der Waals surface area contributed by atoms with Crippen LogP contribution in [0.5, 0.6) is 0 Å². The summed E-state index contributed by atoms with van der Waals surface area (Å²) < 4.78 is 5.26. The molecule has 72 valence electrons. The van der Waals surface area contributed by atoms with Crippen molar-refractivity contribution in [3.05, 3.63) is 23.7 Å². The van der Waals surface area contributed by atoms with Gasteiger partial charge in [-0.05, 0) is 19.1 Å². The Morgan fingerprint density at radius 1 is 1.54 bits per heavy atom. The number of hydrogen-bond acceptors (Lipinski definition) is 3. The normalized spacial score (nSPS) is 9.69. The summed E-state index contributed by atoms with van der Waals surface area (Å²) in [5.41, 5.74) is 5.14. The fourth-order valence-electron chi connectivity index (χ4n) is 0.854. The molecular formula is C8H13N3O2. The van der Waals surface area contributed by atoms with Gasteiger partial charge in [-0.25, -0.2) is 10.2 Å². The summed E-state index contributed by atoms with van der Waals surface area (Å²) in [7, 11) is 1.55. The summed E-state index contributed by atoms with van der Waals surface area (Å²) in [6.45, 7) is 2.34. The van der Waals surface area contributed by atoms with E-state index in [1.165, 1.54) is 0 Å². The molecule has 0 aliphatic carbocycles. The van der Waals surface area contributed by atoms with E-state index in [1.807, 2.05) is 19.1 Å². The first-order valence-electron chi connectivity index (χ1n) is 3.98. The molecule has 5 nitrogen and oxygen atoms in total. The van der Waals surface area contributed by atoms with Crippen LogP contribution in [0, 0.1) is 6.92 Å². The standard InChI is InChI=1S/C8H13N3O2/c1-6-3-4-7(13-6)5-10-11-8(12)9-2/h3-4,10H,5H2,1-2H3,(H2,9,11,12). The molecular weight excluding hydrogens is 170 g/mol. The van der Waals surface area contributed by atoms with Gasteiger partial charge in [-0.2, -0.15) is 0 Å². The molecule has 0 bridgehead atoms. The minimum absolute atomic E-state index is 0.275. The molecule has 3 N–H and O–H groups in total. The van der Waals surface area contributed by atoms with Gasteiger partial charge in [-0.15, -0.1) is 0 Å². The predicted molar refractivity (Wildman–Crippen MR) is 47.9 cm³/mol. The summed E-state index contributed by atoms with van der Waals surface area (Å²) in [6, 6.07) is 3.45. The Kier molecular flexibility index (Phi) is 3.33. The molecule has 0 atom stereocenters. The lowest BCUT2D eigenvalue weighted by Crippen LogP contribution is -2.42. The van der Waals surface area contributed by atoms with Crippen LogP contribution in [-0.4, -0.2) is 13.1 Å². The number of carbonyl (C=O) groups excluding carboxylic acids is 1. The van der Waals surface area contributed by atoms with Gasteiger partial charge in [0.2, 0.25) is 0 Å². The second-order valence-electron chi connectivity index (χ2n) is 2.57. The van der Waals surface area contributed by atoms with Crippen molar-refractivity contribution in [2.24, 2.45) is 0 Å². The zero-order chi connectivity index (χ0) is 9.68. The molecule has 1 heterocycles. The topological polar surface area (TPSA) is 66.3 Å². The Bertz CT molecular complexity index is 283. The minimum atomic E-state index is -0.275. The number of urea groups is 1. The van der Waals surface area contributed by atoms with E-state index in [0.717, 1.165) is 11.5 Å². The molecule has 0 saturated carbocycles. The summed E-state index contributed by atoms with van der Waals surface area (Å²) >= 11 is 0. The molecule has 1 aromatic heterocycles. The van der Waals surface area contributed by atoms with Gasteiger partial charge in [-0.3, -0.25) is 5.43 Å². The van der Waals surface area contributed by atoms with E-state index >= 15 is 0 Å². The number of rotatable bonds is 3. The van der Waals surface area contributed by atoms with Gasteiger partial charge in [0.05, 0.1) is 6.54 Å². The van der Waals surface area contributed by atoms with Gasteiger partial charge in [0.1, 0.15) is 11.5 Å². The van der Waals surface area contributed by atoms with Crippen LogP contribution in [0.3, 0.4) is 0 Å². The van der Waals surface area contributed by atoms with Crippen molar-refractivity contribution in [1.29, 1.82) is 0 Å². The number of hydrogen-bond donors (Lipinski definition) is 3. The average Bonchev–Trinajstić information content (AvgIpc) is 2.51. The lowest BCUT2D eigenvalue weighted by atomic mass is 10.4. The van der Waals surface area contributed by atoms with Gasteiger partial charge in [0.25, 0.3) is 0 Å². The zero-order valence-corrected chi connectivity index (χ0v) is 7.68. The first kappa shape index (κ1) is 9.60. The number of amides is 2. The summed E-state index contributed by atoms with van der Waals surface area (Å²) in [4.78, 5) is 10.7. The highest BCUT2D eigenvalue weighted by atomic mass is 16.3. The van der Waals surface area contributed by atoms with Crippen LogP contribution in [0.25, 0.3) is 0 Å². The summed E-state index contributed by atoms with van der Waals surface area (Å²) in [5, 5.41) is 2.41. The molecule has 0 aliphatic rings. The van der Waals surface area contributed by atoms with Gasteiger partial charge in [-0.1, -0.05) is 0 Å². The Morgan fingerprint density at radius 2 is 2.31 bits per heavy atom. The van der Waals surface area contributed by atoms with E-state index in [4.69, 9.17) is 4.42 Å². The minimum Gasteiger partial charge on any atom is -0.465 e. The van der Waals surface area contributed by atoms with E-state index in [0.29, 0.717) is 6.54 Å². The largest absolute Gasteiger partial charge is 0.465 e. The maximum Gasteiger partial charge on any atom is 0.328 e. The number of nitrogens with one attached hydrogen (secondary N) is 3. The second kappa shape index (κ2) is 4.51. The van der Waals surface area contributed by atoms with E-state index < -0.39 is 0 Å². The van der Waals surface area contributed by atoms with Crippen LogP contribution in [-0.2, 0) is 6.54 Å². The third kappa shape index (κ3) is 3.16.